The van der Waals surface area contributed by atoms with Crippen LogP contribution in [0.2, 0.25) is 0 Å². The predicted molar refractivity (Wildman–Crippen MR) is 101 cm³/mol. The van der Waals surface area contributed by atoms with Crippen LogP contribution in [-0.2, 0) is 12.7 Å². The van der Waals surface area contributed by atoms with E-state index in [0.29, 0.717) is 49.0 Å². The minimum atomic E-state index is -4.70. The third-order valence-electron chi connectivity index (χ3n) is 4.81. The molecule has 0 radical (unpaired) electrons. The Labute approximate surface area is 174 Å². The number of fused-ring (bicyclic) bond motifs is 1. The van der Waals surface area contributed by atoms with Crippen molar-refractivity contribution in [1.29, 1.82) is 0 Å². The first-order valence-corrected chi connectivity index (χ1v) is 9.47. The van der Waals surface area contributed by atoms with E-state index in [1.165, 1.54) is 18.3 Å². The maximum atomic E-state index is 14.2. The highest BCUT2D eigenvalue weighted by molar-refractivity contribution is 5.94. The van der Waals surface area contributed by atoms with E-state index in [9.17, 15) is 22.4 Å². The van der Waals surface area contributed by atoms with Gasteiger partial charge in [0.1, 0.15) is 5.69 Å². The van der Waals surface area contributed by atoms with Crippen LogP contribution in [0.15, 0.2) is 36.7 Å². The molecule has 0 saturated carbocycles. The summed E-state index contributed by atoms with van der Waals surface area (Å²) in [6.45, 7) is 2.64. The molecule has 4 rings (SSSR count). The number of aromatic nitrogens is 4. The van der Waals surface area contributed by atoms with Gasteiger partial charge in [-0.3, -0.25) is 9.48 Å². The molecule has 31 heavy (non-hydrogen) atoms. The van der Waals surface area contributed by atoms with Gasteiger partial charge in [-0.25, -0.2) is 14.4 Å². The maximum absolute atomic E-state index is 14.2. The molecule has 1 unspecified atom stereocenters. The molecule has 0 spiro atoms. The van der Waals surface area contributed by atoms with Crippen LogP contribution in [-0.4, -0.2) is 32.3 Å². The van der Waals surface area contributed by atoms with Crippen LogP contribution < -0.4 is 10.1 Å². The van der Waals surface area contributed by atoms with Gasteiger partial charge in [-0.1, -0.05) is 0 Å². The lowest BCUT2D eigenvalue weighted by Crippen LogP contribution is -2.27. The molecule has 1 aliphatic rings. The molecule has 0 aliphatic carbocycles. The molecule has 0 bridgehead atoms. The topological polar surface area (TPSA) is 81.9 Å². The number of nitrogens with one attached hydrogen (secondary N) is 1. The van der Waals surface area contributed by atoms with E-state index >= 15 is 0 Å². The number of hydrogen-bond acceptors (Lipinski definition) is 5. The number of amides is 1. The van der Waals surface area contributed by atoms with Gasteiger partial charge in [-0.05, 0) is 31.5 Å². The van der Waals surface area contributed by atoms with Crippen LogP contribution in [0.1, 0.15) is 41.1 Å². The summed E-state index contributed by atoms with van der Waals surface area (Å²) in [5, 5.41) is 7.08. The highest BCUT2D eigenvalue weighted by Crippen LogP contribution is 2.34. The Morgan fingerprint density at radius 1 is 1.29 bits per heavy atom. The van der Waals surface area contributed by atoms with Gasteiger partial charge in [0.05, 0.1) is 30.2 Å². The lowest BCUT2D eigenvalue weighted by Gasteiger charge is -2.12. The van der Waals surface area contributed by atoms with Gasteiger partial charge >= 0.3 is 6.18 Å². The Morgan fingerprint density at radius 3 is 2.84 bits per heavy atom. The number of alkyl halides is 3. The van der Waals surface area contributed by atoms with Gasteiger partial charge in [0.15, 0.2) is 5.82 Å². The third-order valence-corrected chi connectivity index (χ3v) is 4.81. The fourth-order valence-corrected chi connectivity index (χ4v) is 3.38. The van der Waals surface area contributed by atoms with Crippen LogP contribution in [0.25, 0.3) is 11.3 Å². The molecule has 4 heterocycles. The Balaban J connectivity index is 1.57. The second-order valence-corrected chi connectivity index (χ2v) is 6.86. The molecule has 1 amide bonds. The quantitative estimate of drug-likeness (QED) is 0.617. The van der Waals surface area contributed by atoms with Crippen molar-refractivity contribution in [1.82, 2.24) is 25.1 Å². The second kappa shape index (κ2) is 7.97. The van der Waals surface area contributed by atoms with E-state index in [0.717, 1.165) is 0 Å². The molecule has 0 saturated heterocycles. The molecule has 1 atom stereocenters. The average Bonchev–Trinajstić information content (AvgIpc) is 3.30. The molecule has 1 aliphatic heterocycles. The Bertz CT molecular complexity index is 1130. The standard InChI is InChI=1S/C20H17F4N5O2/c1-2-31-18-7-11(3-5-25-18)19(30)27-14-4-6-29-16(14)9-15(28-29)12-8-17(20(22,23)24)26-10-13(12)21/h3,5,7-10,14H,2,4,6H2,1H3,(H,27,30). The van der Waals surface area contributed by atoms with E-state index in [1.54, 1.807) is 17.7 Å². The zero-order valence-electron chi connectivity index (χ0n) is 16.3. The van der Waals surface area contributed by atoms with Gasteiger partial charge in [0.2, 0.25) is 5.88 Å². The van der Waals surface area contributed by atoms with E-state index in [4.69, 9.17) is 4.74 Å². The Kier molecular flexibility index (Phi) is 5.34. The molecular formula is C20H17F4N5O2. The number of nitrogens with zero attached hydrogens (tertiary/aromatic N) is 4. The average molecular weight is 435 g/mol. The number of halogens is 4. The SMILES string of the molecule is CCOc1cc(C(=O)NC2CCn3nc(-c4cc(C(F)(F)F)ncc4F)cc32)ccn1. The molecule has 11 heteroatoms. The van der Waals surface area contributed by atoms with Crippen LogP contribution in [0, 0.1) is 5.82 Å². The highest BCUT2D eigenvalue weighted by atomic mass is 19.4. The fraction of sp³-hybridized carbons (Fsp3) is 0.300. The van der Waals surface area contributed by atoms with Crippen molar-refractivity contribution in [3.63, 3.8) is 0 Å². The van der Waals surface area contributed by atoms with Crippen LogP contribution in [0.3, 0.4) is 0 Å². The van der Waals surface area contributed by atoms with Gasteiger partial charge in [0, 0.05) is 29.9 Å². The van der Waals surface area contributed by atoms with Crippen molar-refractivity contribution in [3.05, 3.63) is 59.4 Å². The molecule has 162 valence electrons. The predicted octanol–water partition coefficient (Wildman–Crippen LogP) is 3.77. The molecule has 1 N–H and O–H groups in total. The van der Waals surface area contributed by atoms with Crippen molar-refractivity contribution < 1.29 is 27.1 Å². The van der Waals surface area contributed by atoms with Crippen molar-refractivity contribution in [2.75, 3.05) is 6.61 Å². The summed E-state index contributed by atoms with van der Waals surface area (Å²) in [6.07, 6.45) is -2.17. The molecular weight excluding hydrogens is 418 g/mol. The Morgan fingerprint density at radius 2 is 2.10 bits per heavy atom. The fourth-order valence-electron chi connectivity index (χ4n) is 3.38. The molecule has 0 aromatic carbocycles. The minimum absolute atomic E-state index is 0.0434. The number of hydrogen-bond donors (Lipinski definition) is 1. The van der Waals surface area contributed by atoms with Crippen molar-refractivity contribution in [3.8, 4) is 17.1 Å². The maximum Gasteiger partial charge on any atom is 0.433 e. The number of carbonyl (C=O) groups is 1. The number of aryl methyl sites for hydroxylation is 1. The lowest BCUT2D eigenvalue weighted by molar-refractivity contribution is -0.141. The van der Waals surface area contributed by atoms with Gasteiger partial charge < -0.3 is 10.1 Å². The van der Waals surface area contributed by atoms with E-state index in [1.807, 2.05) is 0 Å². The van der Waals surface area contributed by atoms with Gasteiger partial charge in [0.25, 0.3) is 5.91 Å². The number of pyridine rings is 2. The van der Waals surface area contributed by atoms with Gasteiger partial charge in [-0.2, -0.15) is 18.3 Å². The van der Waals surface area contributed by atoms with Crippen molar-refractivity contribution in [2.24, 2.45) is 0 Å². The van der Waals surface area contributed by atoms with E-state index in [-0.39, 0.29) is 17.2 Å². The zero-order chi connectivity index (χ0) is 22.2. The summed E-state index contributed by atoms with van der Waals surface area (Å²) in [5.74, 6) is -0.952. The monoisotopic (exact) mass is 435 g/mol. The first-order chi connectivity index (χ1) is 14.8. The molecule has 7 nitrogen and oxygen atoms in total. The van der Waals surface area contributed by atoms with Crippen LogP contribution in [0.5, 0.6) is 5.88 Å². The van der Waals surface area contributed by atoms with Crippen molar-refractivity contribution >= 4 is 5.91 Å². The zero-order valence-corrected chi connectivity index (χ0v) is 16.3. The smallest absolute Gasteiger partial charge is 0.433 e. The summed E-state index contributed by atoms with van der Waals surface area (Å²) in [4.78, 5) is 19.7. The first kappa shape index (κ1) is 20.8. The molecule has 3 aromatic rings. The lowest BCUT2D eigenvalue weighted by atomic mass is 10.1. The van der Waals surface area contributed by atoms with Gasteiger partial charge in [-0.15, -0.1) is 0 Å². The third kappa shape index (κ3) is 4.21. The first-order valence-electron chi connectivity index (χ1n) is 9.47. The number of carbonyl (C=O) groups excluding carboxylic acids is 1. The largest absolute Gasteiger partial charge is 0.478 e. The normalized spacial score (nSPS) is 15.6. The number of ether oxygens (including phenoxy) is 1. The van der Waals surface area contributed by atoms with Crippen LogP contribution in [0.4, 0.5) is 17.6 Å². The molecule has 0 fully saturated rings. The number of rotatable bonds is 5. The summed E-state index contributed by atoms with van der Waals surface area (Å²) >= 11 is 0. The van der Waals surface area contributed by atoms with E-state index in [2.05, 4.69) is 20.4 Å². The highest BCUT2D eigenvalue weighted by Gasteiger charge is 2.34. The summed E-state index contributed by atoms with van der Waals surface area (Å²) < 4.78 is 59.9. The minimum Gasteiger partial charge on any atom is -0.478 e. The summed E-state index contributed by atoms with van der Waals surface area (Å²) in [6, 6.07) is 4.74. The summed E-state index contributed by atoms with van der Waals surface area (Å²) in [5.41, 5.74) is -0.532. The van der Waals surface area contributed by atoms with Crippen molar-refractivity contribution in [2.45, 2.75) is 32.1 Å². The summed E-state index contributed by atoms with van der Waals surface area (Å²) in [7, 11) is 0. The van der Waals surface area contributed by atoms with Crippen LogP contribution >= 0.6 is 0 Å². The van der Waals surface area contributed by atoms with E-state index < -0.39 is 23.7 Å². The second-order valence-electron chi connectivity index (χ2n) is 6.86. The molecule has 3 aromatic heterocycles. The Hall–Kier alpha value is -3.50.